The van der Waals surface area contributed by atoms with E-state index < -0.39 is 0 Å². The molecule has 0 aliphatic heterocycles. The van der Waals surface area contributed by atoms with Crippen LogP contribution in [0.4, 0.5) is 5.69 Å². The Balaban J connectivity index is 2.24. The van der Waals surface area contributed by atoms with E-state index in [4.69, 9.17) is 16.3 Å². The molecule has 0 bridgehead atoms. The Hall–Kier alpha value is -2.18. The van der Waals surface area contributed by atoms with Crippen LogP contribution < -0.4 is 10.1 Å². The Kier molecular flexibility index (Phi) is 4.49. The second kappa shape index (κ2) is 6.31. The van der Waals surface area contributed by atoms with Crippen molar-refractivity contribution in [1.82, 2.24) is 0 Å². The summed E-state index contributed by atoms with van der Waals surface area (Å²) in [4.78, 5) is 0. The van der Waals surface area contributed by atoms with Crippen LogP contribution in [-0.2, 0) is 6.54 Å². The van der Waals surface area contributed by atoms with Crippen molar-refractivity contribution in [2.24, 2.45) is 0 Å². The lowest BCUT2D eigenvalue weighted by molar-refractivity contribution is 0.410. The molecule has 0 aromatic heterocycles. The summed E-state index contributed by atoms with van der Waals surface area (Å²) >= 11 is 6.00. The molecule has 0 amide bonds. The molecule has 0 saturated carbocycles. The summed E-state index contributed by atoms with van der Waals surface area (Å²) in [5.74, 6) is 0.771. The van der Waals surface area contributed by atoms with Crippen LogP contribution in [0.3, 0.4) is 0 Å². The van der Waals surface area contributed by atoms with E-state index in [1.165, 1.54) is 0 Å². The Morgan fingerprint density at radius 3 is 2.80 bits per heavy atom. The molecule has 0 radical (unpaired) electrons. The molecule has 0 heterocycles. The summed E-state index contributed by atoms with van der Waals surface area (Å²) in [5, 5.41) is 13.1. The zero-order valence-corrected chi connectivity index (χ0v) is 12.2. The number of nitrogens with one attached hydrogen (secondary N) is 1. The fraction of sp³-hybridized carbons (Fsp3) is 0.188. The lowest BCUT2D eigenvalue weighted by Gasteiger charge is -2.12. The van der Waals surface area contributed by atoms with Crippen LogP contribution in [0.1, 0.15) is 16.7 Å². The van der Waals surface area contributed by atoms with Crippen molar-refractivity contribution in [1.29, 1.82) is 5.26 Å². The molecule has 2 rings (SSSR count). The lowest BCUT2D eigenvalue weighted by atomic mass is 10.1. The van der Waals surface area contributed by atoms with Crippen molar-refractivity contribution in [3.05, 3.63) is 58.1 Å². The highest BCUT2D eigenvalue weighted by Crippen LogP contribution is 2.25. The van der Waals surface area contributed by atoms with Gasteiger partial charge >= 0.3 is 0 Å². The van der Waals surface area contributed by atoms with Crippen LogP contribution in [-0.4, -0.2) is 7.11 Å². The predicted molar refractivity (Wildman–Crippen MR) is 81.2 cm³/mol. The number of ether oxygens (including phenoxy) is 1. The minimum atomic E-state index is 0.544. The number of hydrogen-bond donors (Lipinski definition) is 1. The van der Waals surface area contributed by atoms with Crippen molar-refractivity contribution < 1.29 is 4.74 Å². The minimum absolute atomic E-state index is 0.544. The molecule has 4 heteroatoms. The van der Waals surface area contributed by atoms with E-state index in [2.05, 4.69) is 11.4 Å². The van der Waals surface area contributed by atoms with E-state index >= 15 is 0 Å². The highest BCUT2D eigenvalue weighted by molar-refractivity contribution is 6.30. The van der Waals surface area contributed by atoms with Gasteiger partial charge in [0.05, 0.1) is 18.4 Å². The highest BCUT2D eigenvalue weighted by Gasteiger charge is 2.07. The first-order chi connectivity index (χ1) is 9.65. The summed E-state index contributed by atoms with van der Waals surface area (Å²) in [6.45, 7) is 2.46. The maximum atomic E-state index is 9.21. The third-order valence-electron chi connectivity index (χ3n) is 3.10. The number of aryl methyl sites for hydroxylation is 1. The van der Waals surface area contributed by atoms with Crippen molar-refractivity contribution in [3.8, 4) is 11.8 Å². The standard InChI is InChI=1S/C16H15ClN2O/c1-11-4-3-5-15(14(11)9-18)19-10-12-8-13(17)6-7-16(12)20-2/h3-8,19H,10H2,1-2H3. The van der Waals surface area contributed by atoms with E-state index in [0.717, 1.165) is 22.6 Å². The van der Waals surface area contributed by atoms with E-state index in [0.29, 0.717) is 17.1 Å². The van der Waals surface area contributed by atoms with E-state index in [1.807, 2.05) is 37.3 Å². The number of halogens is 1. The van der Waals surface area contributed by atoms with Crippen LogP contribution in [0, 0.1) is 18.3 Å². The number of anilines is 1. The Morgan fingerprint density at radius 1 is 1.30 bits per heavy atom. The monoisotopic (exact) mass is 286 g/mol. The fourth-order valence-corrected chi connectivity index (χ4v) is 2.23. The second-order valence-corrected chi connectivity index (χ2v) is 4.86. The largest absolute Gasteiger partial charge is 0.496 e. The summed E-state index contributed by atoms with van der Waals surface area (Å²) < 4.78 is 5.31. The van der Waals surface area contributed by atoms with Gasteiger partial charge in [0.15, 0.2) is 0 Å². The topological polar surface area (TPSA) is 45.0 Å². The molecule has 2 aromatic rings. The van der Waals surface area contributed by atoms with Crippen LogP contribution in [0.15, 0.2) is 36.4 Å². The smallest absolute Gasteiger partial charge is 0.123 e. The quantitative estimate of drug-likeness (QED) is 0.919. The molecule has 0 atom stereocenters. The number of methoxy groups -OCH3 is 1. The molecule has 20 heavy (non-hydrogen) atoms. The van der Waals surface area contributed by atoms with Gasteiger partial charge in [0.1, 0.15) is 11.8 Å². The van der Waals surface area contributed by atoms with E-state index in [1.54, 1.807) is 13.2 Å². The van der Waals surface area contributed by atoms with Crippen molar-refractivity contribution in [3.63, 3.8) is 0 Å². The molecular formula is C16H15ClN2O. The SMILES string of the molecule is COc1ccc(Cl)cc1CNc1cccc(C)c1C#N. The number of benzene rings is 2. The van der Waals surface area contributed by atoms with Gasteiger partial charge in [-0.2, -0.15) is 5.26 Å². The second-order valence-electron chi connectivity index (χ2n) is 4.42. The molecule has 0 unspecified atom stereocenters. The van der Waals surface area contributed by atoms with E-state index in [9.17, 15) is 5.26 Å². The van der Waals surface area contributed by atoms with E-state index in [-0.39, 0.29) is 0 Å². The minimum Gasteiger partial charge on any atom is -0.496 e. The molecule has 3 nitrogen and oxygen atoms in total. The summed E-state index contributed by atoms with van der Waals surface area (Å²) in [7, 11) is 1.63. The molecule has 2 aromatic carbocycles. The number of nitrogens with zero attached hydrogens (tertiary/aromatic N) is 1. The maximum Gasteiger partial charge on any atom is 0.123 e. The fourth-order valence-electron chi connectivity index (χ4n) is 2.04. The van der Waals surface area contributed by atoms with Gasteiger partial charge in [0.2, 0.25) is 0 Å². The van der Waals surface area contributed by atoms with Crippen molar-refractivity contribution in [2.45, 2.75) is 13.5 Å². The third kappa shape index (κ3) is 3.04. The van der Waals surface area contributed by atoms with Gasteiger partial charge in [-0.15, -0.1) is 0 Å². The van der Waals surface area contributed by atoms with Gasteiger partial charge < -0.3 is 10.1 Å². The summed E-state index contributed by atoms with van der Waals surface area (Å²) in [5.41, 5.74) is 3.38. The van der Waals surface area contributed by atoms with Crippen molar-refractivity contribution in [2.75, 3.05) is 12.4 Å². The summed E-state index contributed by atoms with van der Waals surface area (Å²) in [6.07, 6.45) is 0. The molecule has 0 spiro atoms. The van der Waals surface area contributed by atoms with Crippen LogP contribution in [0.5, 0.6) is 5.75 Å². The molecular weight excluding hydrogens is 272 g/mol. The molecule has 0 aliphatic carbocycles. The average Bonchev–Trinajstić information content (AvgIpc) is 2.45. The normalized spacial score (nSPS) is 9.90. The van der Waals surface area contributed by atoms with Crippen molar-refractivity contribution >= 4 is 17.3 Å². The van der Waals surface area contributed by atoms with Gasteiger partial charge in [-0.1, -0.05) is 23.7 Å². The first kappa shape index (κ1) is 14.2. The summed E-state index contributed by atoms with van der Waals surface area (Å²) in [6, 6.07) is 13.4. The Morgan fingerprint density at radius 2 is 2.10 bits per heavy atom. The molecule has 0 fully saturated rings. The molecule has 0 aliphatic rings. The number of rotatable bonds is 4. The first-order valence-electron chi connectivity index (χ1n) is 6.21. The highest BCUT2D eigenvalue weighted by atomic mass is 35.5. The number of hydrogen-bond acceptors (Lipinski definition) is 3. The molecule has 102 valence electrons. The van der Waals surface area contributed by atoms with Gasteiger partial charge in [0.25, 0.3) is 0 Å². The molecule has 1 N–H and O–H groups in total. The lowest BCUT2D eigenvalue weighted by Crippen LogP contribution is -2.04. The zero-order valence-electron chi connectivity index (χ0n) is 11.4. The van der Waals surface area contributed by atoms with Gasteiger partial charge in [-0.05, 0) is 36.8 Å². The Bertz CT molecular complexity index is 662. The first-order valence-corrected chi connectivity index (χ1v) is 6.59. The third-order valence-corrected chi connectivity index (χ3v) is 3.33. The predicted octanol–water partition coefficient (Wildman–Crippen LogP) is 4.14. The number of nitriles is 1. The maximum absolute atomic E-state index is 9.21. The Labute approximate surface area is 123 Å². The van der Waals surface area contributed by atoms with Crippen LogP contribution in [0.25, 0.3) is 0 Å². The average molecular weight is 287 g/mol. The van der Waals surface area contributed by atoms with Gasteiger partial charge in [-0.3, -0.25) is 0 Å². The van der Waals surface area contributed by atoms with Gasteiger partial charge in [0, 0.05) is 17.1 Å². The van der Waals surface area contributed by atoms with Crippen LogP contribution >= 0.6 is 11.6 Å². The zero-order chi connectivity index (χ0) is 14.5. The van der Waals surface area contributed by atoms with Gasteiger partial charge in [-0.25, -0.2) is 0 Å². The molecule has 0 saturated heterocycles. The van der Waals surface area contributed by atoms with Crippen LogP contribution in [0.2, 0.25) is 5.02 Å².